The van der Waals surface area contributed by atoms with Crippen LogP contribution in [-0.4, -0.2) is 34.9 Å². The van der Waals surface area contributed by atoms with E-state index in [4.69, 9.17) is 5.26 Å². The molecule has 10 heteroatoms. The van der Waals surface area contributed by atoms with Gasteiger partial charge in [0.1, 0.15) is 17.7 Å². The smallest absolute Gasteiger partial charge is 0.358 e. The van der Waals surface area contributed by atoms with Gasteiger partial charge in [0.2, 0.25) is 5.91 Å². The first-order valence-electron chi connectivity index (χ1n) is 9.08. The summed E-state index contributed by atoms with van der Waals surface area (Å²) in [6.45, 7) is 1.49. The third kappa shape index (κ3) is 4.50. The standard InChI is InChI=1S/C21H16F3N5O2/c1-11-18(19(30)16(10-27-11)20(31)26-2)15-6-17(21(22,23)24)29-9-13(15)5-14-4-3-12(7-25)8-28-14/h3-4,6,8-10,16H,5H2,1-2H3,(H,26,31). The lowest BCUT2D eigenvalue weighted by Crippen LogP contribution is -2.36. The molecule has 0 aliphatic carbocycles. The lowest BCUT2D eigenvalue weighted by atomic mass is 9.86. The van der Waals surface area contributed by atoms with E-state index in [0.717, 1.165) is 12.3 Å². The maximum Gasteiger partial charge on any atom is 0.433 e. The molecule has 7 nitrogen and oxygen atoms in total. The second-order valence-electron chi connectivity index (χ2n) is 6.75. The highest BCUT2D eigenvalue weighted by atomic mass is 19.4. The summed E-state index contributed by atoms with van der Waals surface area (Å²) in [5.74, 6) is -2.51. The Hall–Kier alpha value is -3.87. The van der Waals surface area contributed by atoms with E-state index in [0.29, 0.717) is 16.8 Å². The van der Waals surface area contributed by atoms with Crippen molar-refractivity contribution < 1.29 is 22.8 Å². The zero-order valence-electron chi connectivity index (χ0n) is 16.5. The van der Waals surface area contributed by atoms with Crippen LogP contribution in [0, 0.1) is 17.2 Å². The maximum absolute atomic E-state index is 13.3. The fourth-order valence-electron chi connectivity index (χ4n) is 3.12. The van der Waals surface area contributed by atoms with Gasteiger partial charge in [-0.25, -0.2) is 0 Å². The molecule has 1 unspecified atom stereocenters. The summed E-state index contributed by atoms with van der Waals surface area (Å²) in [4.78, 5) is 36.8. The van der Waals surface area contributed by atoms with Crippen LogP contribution in [0.3, 0.4) is 0 Å². The van der Waals surface area contributed by atoms with Crippen molar-refractivity contribution in [2.24, 2.45) is 10.9 Å². The number of pyridine rings is 2. The molecule has 0 saturated heterocycles. The molecule has 2 aromatic rings. The number of Topliss-reactive ketones (excluding diaryl/α,β-unsaturated/α-hetero) is 1. The Kier molecular flexibility index (Phi) is 5.97. The normalized spacial score (nSPS) is 16.3. The van der Waals surface area contributed by atoms with Gasteiger partial charge in [0.25, 0.3) is 0 Å². The number of carbonyl (C=O) groups excluding carboxylic acids is 2. The number of ketones is 1. The second-order valence-corrected chi connectivity index (χ2v) is 6.75. The molecule has 0 fully saturated rings. The van der Waals surface area contributed by atoms with Gasteiger partial charge < -0.3 is 5.32 Å². The molecule has 1 aliphatic rings. The molecule has 1 amide bonds. The van der Waals surface area contributed by atoms with Gasteiger partial charge in [-0.3, -0.25) is 24.5 Å². The number of rotatable bonds is 4. The number of amides is 1. The van der Waals surface area contributed by atoms with Gasteiger partial charge >= 0.3 is 6.18 Å². The Bertz CT molecular complexity index is 1150. The molecule has 0 aromatic carbocycles. The lowest BCUT2D eigenvalue weighted by molar-refractivity contribution is -0.141. The average molecular weight is 427 g/mol. The largest absolute Gasteiger partial charge is 0.433 e. The minimum absolute atomic E-state index is 0.0123. The molecule has 1 atom stereocenters. The van der Waals surface area contributed by atoms with Crippen molar-refractivity contribution in [2.45, 2.75) is 19.5 Å². The number of halogens is 3. The van der Waals surface area contributed by atoms with Gasteiger partial charge in [-0.2, -0.15) is 18.4 Å². The van der Waals surface area contributed by atoms with Crippen molar-refractivity contribution in [3.05, 3.63) is 64.4 Å². The molecule has 0 radical (unpaired) electrons. The van der Waals surface area contributed by atoms with Crippen LogP contribution in [0.5, 0.6) is 0 Å². The van der Waals surface area contributed by atoms with E-state index in [1.54, 1.807) is 6.07 Å². The predicted molar refractivity (Wildman–Crippen MR) is 105 cm³/mol. The number of hydrogen-bond donors (Lipinski definition) is 1. The quantitative estimate of drug-likeness (QED) is 0.755. The zero-order chi connectivity index (χ0) is 22.8. The zero-order valence-corrected chi connectivity index (χ0v) is 16.5. The Balaban J connectivity index is 2.13. The molecule has 1 aliphatic heterocycles. The Morgan fingerprint density at radius 3 is 2.58 bits per heavy atom. The van der Waals surface area contributed by atoms with Gasteiger partial charge in [0.15, 0.2) is 5.78 Å². The van der Waals surface area contributed by atoms with E-state index >= 15 is 0 Å². The summed E-state index contributed by atoms with van der Waals surface area (Å²) in [5.41, 5.74) is 0.0414. The first-order valence-corrected chi connectivity index (χ1v) is 9.08. The van der Waals surface area contributed by atoms with Crippen LogP contribution in [0.15, 0.2) is 41.3 Å². The molecule has 0 saturated carbocycles. The van der Waals surface area contributed by atoms with E-state index in [2.05, 4.69) is 20.3 Å². The van der Waals surface area contributed by atoms with Crippen LogP contribution in [0.1, 0.15) is 35.0 Å². The van der Waals surface area contributed by atoms with Crippen LogP contribution in [0.4, 0.5) is 13.2 Å². The predicted octanol–water partition coefficient (Wildman–Crippen LogP) is 2.70. The van der Waals surface area contributed by atoms with Crippen LogP contribution in [0.2, 0.25) is 0 Å². The molecule has 1 N–H and O–H groups in total. The maximum atomic E-state index is 13.3. The third-order valence-corrected chi connectivity index (χ3v) is 4.71. The molecular weight excluding hydrogens is 411 g/mol. The van der Waals surface area contributed by atoms with Crippen molar-refractivity contribution >= 4 is 23.5 Å². The average Bonchev–Trinajstić information content (AvgIpc) is 2.74. The minimum Gasteiger partial charge on any atom is -0.358 e. The van der Waals surface area contributed by atoms with Crippen LogP contribution in [-0.2, 0) is 22.2 Å². The minimum atomic E-state index is -4.73. The van der Waals surface area contributed by atoms with Crippen molar-refractivity contribution in [3.8, 4) is 6.07 Å². The van der Waals surface area contributed by atoms with E-state index in [1.165, 1.54) is 32.4 Å². The molecule has 3 heterocycles. The summed E-state index contributed by atoms with van der Waals surface area (Å²) in [7, 11) is 1.35. The molecule has 31 heavy (non-hydrogen) atoms. The molecular formula is C21H16F3N5O2. The summed E-state index contributed by atoms with van der Waals surface area (Å²) in [5, 5.41) is 11.2. The number of hydrogen-bond acceptors (Lipinski definition) is 6. The van der Waals surface area contributed by atoms with Crippen molar-refractivity contribution in [1.29, 1.82) is 5.26 Å². The number of nitriles is 1. The van der Waals surface area contributed by atoms with Crippen molar-refractivity contribution in [3.63, 3.8) is 0 Å². The highest BCUT2D eigenvalue weighted by molar-refractivity contribution is 6.34. The highest BCUT2D eigenvalue weighted by Gasteiger charge is 2.36. The van der Waals surface area contributed by atoms with E-state index in [1.807, 2.05) is 6.07 Å². The number of aromatic nitrogens is 2. The molecule has 0 spiro atoms. The molecule has 158 valence electrons. The number of aliphatic imine (C=N–C) groups is 1. The third-order valence-electron chi connectivity index (χ3n) is 4.71. The van der Waals surface area contributed by atoms with E-state index < -0.39 is 29.5 Å². The van der Waals surface area contributed by atoms with E-state index in [9.17, 15) is 22.8 Å². The van der Waals surface area contributed by atoms with Gasteiger partial charge in [-0.15, -0.1) is 0 Å². The topological polar surface area (TPSA) is 108 Å². The number of alkyl halides is 3. The van der Waals surface area contributed by atoms with Crippen LogP contribution in [0.25, 0.3) is 5.57 Å². The Morgan fingerprint density at radius 1 is 1.26 bits per heavy atom. The Labute approximate surface area is 175 Å². The second kappa shape index (κ2) is 8.47. The van der Waals surface area contributed by atoms with Crippen LogP contribution < -0.4 is 5.32 Å². The molecule has 3 rings (SSSR count). The fourth-order valence-corrected chi connectivity index (χ4v) is 3.12. The van der Waals surface area contributed by atoms with Crippen molar-refractivity contribution in [1.82, 2.24) is 15.3 Å². The van der Waals surface area contributed by atoms with Crippen LogP contribution >= 0.6 is 0 Å². The van der Waals surface area contributed by atoms with Gasteiger partial charge in [-0.05, 0) is 36.2 Å². The Morgan fingerprint density at radius 2 is 2.00 bits per heavy atom. The summed E-state index contributed by atoms with van der Waals surface area (Å²) in [6, 6.07) is 5.82. The molecule has 0 bridgehead atoms. The number of nitrogens with zero attached hydrogens (tertiary/aromatic N) is 4. The van der Waals surface area contributed by atoms with E-state index in [-0.39, 0.29) is 23.3 Å². The summed E-state index contributed by atoms with van der Waals surface area (Å²) < 4.78 is 40.0. The van der Waals surface area contributed by atoms with Gasteiger partial charge in [0, 0.05) is 49.0 Å². The van der Waals surface area contributed by atoms with Gasteiger partial charge in [0.05, 0.1) is 5.56 Å². The fraction of sp³-hybridized carbons (Fsp3) is 0.238. The molecule has 2 aromatic heterocycles. The summed E-state index contributed by atoms with van der Waals surface area (Å²) >= 11 is 0. The SMILES string of the molecule is CNC(=O)C1C=NC(C)=C(c2cc(C(F)(F)F)ncc2Cc2ccc(C#N)cn2)C1=O. The number of allylic oxidation sites excluding steroid dienone is 2. The first kappa shape index (κ1) is 21.8. The monoisotopic (exact) mass is 427 g/mol. The number of nitrogens with one attached hydrogen (secondary N) is 1. The first-order chi connectivity index (χ1) is 14.7. The highest BCUT2D eigenvalue weighted by Crippen LogP contribution is 2.34. The lowest BCUT2D eigenvalue weighted by Gasteiger charge is -2.21. The van der Waals surface area contributed by atoms with Crippen molar-refractivity contribution in [2.75, 3.05) is 7.05 Å². The summed E-state index contributed by atoms with van der Waals surface area (Å²) in [6.07, 6.45) is -1.11. The van der Waals surface area contributed by atoms with Gasteiger partial charge in [-0.1, -0.05) is 0 Å². The number of carbonyl (C=O) groups is 2.